The zero-order valence-electron chi connectivity index (χ0n) is 14.6. The first-order valence-corrected chi connectivity index (χ1v) is 8.39. The van der Waals surface area contributed by atoms with E-state index in [1.165, 1.54) is 0 Å². The van der Waals surface area contributed by atoms with Crippen molar-refractivity contribution in [3.8, 4) is 0 Å². The average Bonchev–Trinajstić information content (AvgIpc) is 2.52. The van der Waals surface area contributed by atoms with Gasteiger partial charge in [0.1, 0.15) is 5.60 Å². The molecule has 1 aliphatic rings. The van der Waals surface area contributed by atoms with E-state index in [0.717, 1.165) is 31.5 Å². The van der Waals surface area contributed by atoms with Crippen molar-refractivity contribution in [3.63, 3.8) is 0 Å². The summed E-state index contributed by atoms with van der Waals surface area (Å²) in [5.41, 5.74) is 0.438. The molecular formula is C18H28N2O3. The van der Waals surface area contributed by atoms with Crippen molar-refractivity contribution >= 4 is 6.09 Å². The molecule has 0 bridgehead atoms. The van der Waals surface area contributed by atoms with Gasteiger partial charge >= 0.3 is 6.09 Å². The van der Waals surface area contributed by atoms with Crippen LogP contribution in [0, 0.1) is 0 Å². The van der Waals surface area contributed by atoms with Crippen molar-refractivity contribution in [2.24, 2.45) is 0 Å². The van der Waals surface area contributed by atoms with Crippen LogP contribution in [-0.4, -0.2) is 40.8 Å². The van der Waals surface area contributed by atoms with Crippen LogP contribution < -0.4 is 0 Å². The molecule has 128 valence electrons. The third-order valence-corrected chi connectivity index (χ3v) is 3.90. The van der Waals surface area contributed by atoms with Crippen molar-refractivity contribution in [1.82, 2.24) is 9.88 Å². The molecule has 1 aromatic rings. The van der Waals surface area contributed by atoms with Gasteiger partial charge in [-0.1, -0.05) is 6.07 Å². The molecule has 0 radical (unpaired) electrons. The summed E-state index contributed by atoms with van der Waals surface area (Å²) in [4.78, 5) is 18.5. The highest BCUT2D eigenvalue weighted by Gasteiger charge is 2.31. The Morgan fingerprint density at radius 3 is 2.83 bits per heavy atom. The number of carbonyl (C=O) groups excluding carboxylic acids is 1. The molecule has 2 heterocycles. The van der Waals surface area contributed by atoms with Gasteiger partial charge in [-0.2, -0.15) is 0 Å². The second-order valence-electron chi connectivity index (χ2n) is 7.05. The number of ether oxygens (including phenoxy) is 2. The summed E-state index contributed by atoms with van der Waals surface area (Å²) in [5, 5.41) is 0. The summed E-state index contributed by atoms with van der Waals surface area (Å²) < 4.78 is 11.5. The number of amides is 1. The number of pyridine rings is 1. The fraction of sp³-hybridized carbons (Fsp3) is 0.667. The number of rotatable bonds is 4. The van der Waals surface area contributed by atoms with Gasteiger partial charge in [-0.15, -0.1) is 0 Å². The number of hydrogen-bond acceptors (Lipinski definition) is 4. The van der Waals surface area contributed by atoms with Crippen LogP contribution in [0.5, 0.6) is 0 Å². The van der Waals surface area contributed by atoms with E-state index < -0.39 is 5.60 Å². The Hall–Kier alpha value is -1.62. The van der Waals surface area contributed by atoms with Crippen LogP contribution in [0.3, 0.4) is 0 Å². The molecule has 0 unspecified atom stereocenters. The second kappa shape index (κ2) is 7.77. The van der Waals surface area contributed by atoms with E-state index >= 15 is 0 Å². The molecule has 2 rings (SSSR count). The zero-order valence-corrected chi connectivity index (χ0v) is 14.6. The van der Waals surface area contributed by atoms with Crippen LogP contribution in [0.2, 0.25) is 0 Å². The molecule has 1 amide bonds. The lowest BCUT2D eigenvalue weighted by atomic mass is 10.0. The number of nitrogens with zero attached hydrogens (tertiary/aromatic N) is 2. The van der Waals surface area contributed by atoms with Gasteiger partial charge in [0, 0.05) is 12.7 Å². The molecule has 2 atom stereocenters. The number of hydrogen-bond donors (Lipinski definition) is 0. The highest BCUT2D eigenvalue weighted by Crippen LogP contribution is 2.23. The van der Waals surface area contributed by atoms with Crippen molar-refractivity contribution in [2.75, 3.05) is 13.2 Å². The minimum absolute atomic E-state index is 0.0739. The Bertz CT molecular complexity index is 499. The molecule has 0 aliphatic carbocycles. The minimum atomic E-state index is -0.471. The largest absolute Gasteiger partial charge is 0.444 e. The van der Waals surface area contributed by atoms with Crippen molar-refractivity contribution in [3.05, 3.63) is 30.1 Å². The highest BCUT2D eigenvalue weighted by molar-refractivity contribution is 5.68. The first kappa shape index (κ1) is 17.7. The smallest absolute Gasteiger partial charge is 0.410 e. The summed E-state index contributed by atoms with van der Waals surface area (Å²) in [5.74, 6) is 0. The van der Waals surface area contributed by atoms with Gasteiger partial charge in [0.05, 0.1) is 24.4 Å². The fourth-order valence-electron chi connectivity index (χ4n) is 2.69. The average molecular weight is 320 g/mol. The Balaban J connectivity index is 1.92. The van der Waals surface area contributed by atoms with Gasteiger partial charge in [-0.05, 0) is 59.1 Å². The monoisotopic (exact) mass is 320 g/mol. The van der Waals surface area contributed by atoms with E-state index in [2.05, 4.69) is 4.98 Å². The van der Waals surface area contributed by atoms with Crippen LogP contribution in [0.4, 0.5) is 4.79 Å². The van der Waals surface area contributed by atoms with E-state index in [1.807, 2.05) is 50.8 Å². The van der Waals surface area contributed by atoms with E-state index in [1.54, 1.807) is 6.20 Å². The molecule has 1 saturated heterocycles. The Morgan fingerprint density at radius 2 is 2.17 bits per heavy atom. The first-order chi connectivity index (χ1) is 10.9. The Morgan fingerprint density at radius 1 is 1.39 bits per heavy atom. The number of aromatic nitrogens is 1. The van der Waals surface area contributed by atoms with E-state index in [0.29, 0.717) is 6.61 Å². The normalized spacial score (nSPS) is 20.2. The maximum atomic E-state index is 12.4. The van der Waals surface area contributed by atoms with Crippen LogP contribution in [0.15, 0.2) is 24.4 Å². The van der Waals surface area contributed by atoms with E-state index in [4.69, 9.17) is 9.47 Å². The van der Waals surface area contributed by atoms with Crippen molar-refractivity contribution in [1.29, 1.82) is 0 Å². The number of piperidine rings is 1. The first-order valence-electron chi connectivity index (χ1n) is 8.39. The molecule has 0 saturated carbocycles. The summed E-state index contributed by atoms with van der Waals surface area (Å²) in [6.07, 6.45) is 4.53. The van der Waals surface area contributed by atoms with E-state index in [-0.39, 0.29) is 18.2 Å². The van der Waals surface area contributed by atoms with Crippen LogP contribution in [0.1, 0.15) is 58.8 Å². The maximum absolute atomic E-state index is 12.4. The topological polar surface area (TPSA) is 51.7 Å². The minimum Gasteiger partial charge on any atom is -0.444 e. The van der Waals surface area contributed by atoms with Crippen LogP contribution in [0.25, 0.3) is 0 Å². The molecular weight excluding hydrogens is 292 g/mol. The standard InChI is InChI=1S/C18H28N2O3/c1-14(16-10-5-7-11-19-16)22-13-15-9-6-8-12-20(15)17(21)23-18(2,3)4/h5,7,10-11,14-15H,6,8-9,12-13H2,1-4H3/t14-,15+/m0/s1. The van der Waals surface area contributed by atoms with Gasteiger partial charge in [0.15, 0.2) is 0 Å². The Kier molecular flexibility index (Phi) is 5.99. The molecule has 1 aliphatic heterocycles. The molecule has 0 aromatic carbocycles. The third kappa shape index (κ3) is 5.50. The Labute approximate surface area is 139 Å². The highest BCUT2D eigenvalue weighted by atomic mass is 16.6. The van der Waals surface area contributed by atoms with Gasteiger partial charge in [-0.3, -0.25) is 4.98 Å². The molecule has 0 spiro atoms. The van der Waals surface area contributed by atoms with Gasteiger partial charge in [0.2, 0.25) is 0 Å². The molecule has 1 fully saturated rings. The molecule has 1 aromatic heterocycles. The van der Waals surface area contributed by atoms with Crippen molar-refractivity contribution < 1.29 is 14.3 Å². The van der Waals surface area contributed by atoms with Gasteiger partial charge in [0.25, 0.3) is 0 Å². The predicted molar refractivity (Wildman–Crippen MR) is 89.2 cm³/mol. The molecule has 23 heavy (non-hydrogen) atoms. The van der Waals surface area contributed by atoms with Gasteiger partial charge < -0.3 is 14.4 Å². The van der Waals surface area contributed by atoms with Crippen LogP contribution in [-0.2, 0) is 9.47 Å². The SMILES string of the molecule is C[C@H](OC[C@H]1CCCCN1C(=O)OC(C)(C)C)c1ccccn1. The number of carbonyl (C=O) groups is 1. The summed E-state index contributed by atoms with van der Waals surface area (Å²) in [6.45, 7) is 8.91. The van der Waals surface area contributed by atoms with Crippen LogP contribution >= 0.6 is 0 Å². The number of likely N-dealkylation sites (tertiary alicyclic amines) is 1. The second-order valence-corrected chi connectivity index (χ2v) is 7.05. The van der Waals surface area contributed by atoms with Crippen molar-refractivity contribution in [2.45, 2.75) is 64.7 Å². The zero-order chi connectivity index (χ0) is 16.9. The summed E-state index contributed by atoms with van der Waals surface area (Å²) >= 11 is 0. The molecule has 5 nitrogen and oxygen atoms in total. The lowest BCUT2D eigenvalue weighted by Crippen LogP contribution is -2.48. The van der Waals surface area contributed by atoms with E-state index in [9.17, 15) is 4.79 Å². The van der Waals surface area contributed by atoms with Gasteiger partial charge in [-0.25, -0.2) is 4.79 Å². The maximum Gasteiger partial charge on any atom is 0.410 e. The predicted octanol–water partition coefficient (Wildman–Crippen LogP) is 3.95. The lowest BCUT2D eigenvalue weighted by Gasteiger charge is -2.37. The molecule has 5 heteroatoms. The third-order valence-electron chi connectivity index (χ3n) is 3.90. The lowest BCUT2D eigenvalue weighted by molar-refractivity contribution is -0.0218. The quantitative estimate of drug-likeness (QED) is 0.843. The summed E-state index contributed by atoms with van der Waals surface area (Å²) in [7, 11) is 0. The summed E-state index contributed by atoms with van der Waals surface area (Å²) in [6, 6.07) is 5.87. The molecule has 0 N–H and O–H groups in total. The fourth-order valence-corrected chi connectivity index (χ4v) is 2.69.